The summed E-state index contributed by atoms with van der Waals surface area (Å²) in [6.07, 6.45) is 4.67. The minimum Gasteiger partial charge on any atom is -0.293 e. The maximum Gasteiger partial charge on any atom is 0.176 e. The molecule has 1 aliphatic rings. The van der Waals surface area contributed by atoms with E-state index in [4.69, 9.17) is 11.6 Å². The summed E-state index contributed by atoms with van der Waals surface area (Å²) in [7, 11) is 0. The Labute approximate surface area is 101 Å². The Morgan fingerprint density at radius 3 is 2.88 bits per heavy atom. The number of benzene rings is 1. The Morgan fingerprint density at radius 1 is 1.38 bits per heavy atom. The molecule has 0 heterocycles. The van der Waals surface area contributed by atoms with Crippen molar-refractivity contribution in [2.24, 2.45) is 0 Å². The van der Waals surface area contributed by atoms with Crippen LogP contribution in [-0.2, 0) is 4.79 Å². The van der Waals surface area contributed by atoms with Crippen molar-refractivity contribution in [1.82, 2.24) is 0 Å². The molecule has 1 aliphatic carbocycles. The molecule has 0 aliphatic heterocycles. The Hall–Kier alpha value is -1.08. The second-order valence-corrected chi connectivity index (χ2v) is 4.78. The summed E-state index contributed by atoms with van der Waals surface area (Å²) in [5.41, 5.74) is 3.19. The van der Waals surface area contributed by atoms with Gasteiger partial charge in [0.05, 0.1) is 5.38 Å². The zero-order valence-electron chi connectivity index (χ0n) is 9.37. The van der Waals surface area contributed by atoms with E-state index in [1.54, 1.807) is 0 Å². The van der Waals surface area contributed by atoms with Gasteiger partial charge in [-0.25, -0.2) is 0 Å². The summed E-state index contributed by atoms with van der Waals surface area (Å²) < 4.78 is 0. The molecule has 1 unspecified atom stereocenters. The average molecular weight is 235 g/mol. The van der Waals surface area contributed by atoms with Crippen molar-refractivity contribution in [3.8, 4) is 0 Å². The van der Waals surface area contributed by atoms with Crippen molar-refractivity contribution < 1.29 is 4.79 Å². The predicted molar refractivity (Wildman–Crippen MR) is 67.7 cm³/mol. The van der Waals surface area contributed by atoms with Crippen molar-refractivity contribution in [3.05, 3.63) is 41.0 Å². The summed E-state index contributed by atoms with van der Waals surface area (Å²) in [4.78, 5) is 11.8. The van der Waals surface area contributed by atoms with Crippen LogP contribution >= 0.6 is 11.6 Å². The molecule has 0 N–H and O–H groups in total. The molecular formula is C14H15ClO. The minimum absolute atomic E-state index is 0.108. The van der Waals surface area contributed by atoms with Crippen LogP contribution in [0.5, 0.6) is 0 Å². The molecule has 0 aromatic heterocycles. The highest BCUT2D eigenvalue weighted by atomic mass is 35.5. The molecule has 2 heteroatoms. The van der Waals surface area contributed by atoms with E-state index in [1.165, 1.54) is 5.56 Å². The molecule has 0 saturated heterocycles. The van der Waals surface area contributed by atoms with Crippen LogP contribution in [0.25, 0.3) is 6.08 Å². The second-order valence-electron chi connectivity index (χ2n) is 4.25. The lowest BCUT2D eigenvalue weighted by molar-refractivity contribution is -0.116. The van der Waals surface area contributed by atoms with Crippen LogP contribution in [-0.4, -0.2) is 11.2 Å². The highest BCUT2D eigenvalue weighted by molar-refractivity contribution is 6.34. The summed E-state index contributed by atoms with van der Waals surface area (Å²) >= 11 is 5.98. The van der Waals surface area contributed by atoms with Gasteiger partial charge in [0.25, 0.3) is 0 Å². The van der Waals surface area contributed by atoms with E-state index >= 15 is 0 Å². The van der Waals surface area contributed by atoms with Gasteiger partial charge >= 0.3 is 0 Å². The predicted octanol–water partition coefficient (Wildman–Crippen LogP) is 3.74. The lowest BCUT2D eigenvalue weighted by atomic mass is 9.91. The van der Waals surface area contributed by atoms with Crippen molar-refractivity contribution in [1.29, 1.82) is 0 Å². The van der Waals surface area contributed by atoms with Gasteiger partial charge in [-0.1, -0.05) is 24.3 Å². The van der Waals surface area contributed by atoms with Gasteiger partial charge in [0, 0.05) is 0 Å². The lowest BCUT2D eigenvalue weighted by Crippen LogP contribution is -2.21. The number of hydrogen-bond donors (Lipinski definition) is 0. The zero-order valence-corrected chi connectivity index (χ0v) is 10.1. The number of rotatable bonds is 1. The topological polar surface area (TPSA) is 17.1 Å². The normalized spacial score (nSPS) is 23.8. The monoisotopic (exact) mass is 234 g/mol. The van der Waals surface area contributed by atoms with Crippen LogP contribution < -0.4 is 0 Å². The number of allylic oxidation sites excluding steroid dienone is 1. The second kappa shape index (κ2) is 4.84. The quantitative estimate of drug-likeness (QED) is 0.535. The third kappa shape index (κ3) is 2.35. The van der Waals surface area contributed by atoms with E-state index in [1.807, 2.05) is 24.3 Å². The lowest BCUT2D eigenvalue weighted by Gasteiger charge is -2.17. The fourth-order valence-electron chi connectivity index (χ4n) is 2.01. The van der Waals surface area contributed by atoms with Gasteiger partial charge in [-0.2, -0.15) is 0 Å². The summed E-state index contributed by atoms with van der Waals surface area (Å²) in [6.45, 7) is 2.05. The SMILES string of the molecule is Cc1ccccc1C=C1CCCC(Cl)C1=O. The fourth-order valence-corrected chi connectivity index (χ4v) is 2.30. The Morgan fingerprint density at radius 2 is 2.12 bits per heavy atom. The van der Waals surface area contributed by atoms with Crippen LogP contribution in [0.1, 0.15) is 30.4 Å². The largest absolute Gasteiger partial charge is 0.293 e. The van der Waals surface area contributed by atoms with E-state index < -0.39 is 0 Å². The van der Waals surface area contributed by atoms with Gasteiger partial charge in [-0.3, -0.25) is 4.79 Å². The average Bonchev–Trinajstić information content (AvgIpc) is 2.28. The van der Waals surface area contributed by atoms with E-state index in [-0.39, 0.29) is 11.2 Å². The molecule has 0 radical (unpaired) electrons. The van der Waals surface area contributed by atoms with E-state index in [0.717, 1.165) is 30.4 Å². The standard InChI is InChI=1S/C14H15ClO/c1-10-5-2-3-6-11(10)9-12-7-4-8-13(15)14(12)16/h2-3,5-6,9,13H,4,7-8H2,1H3. The Balaban J connectivity index is 2.30. The van der Waals surface area contributed by atoms with Gasteiger partial charge < -0.3 is 0 Å². The Bertz CT molecular complexity index is 434. The first-order valence-electron chi connectivity index (χ1n) is 5.63. The van der Waals surface area contributed by atoms with Crippen LogP contribution in [0.2, 0.25) is 0 Å². The Kier molecular flexibility index (Phi) is 3.45. The van der Waals surface area contributed by atoms with Crippen molar-refractivity contribution in [2.45, 2.75) is 31.6 Å². The number of Topliss-reactive ketones (excluding diaryl/α,β-unsaturated/α-hetero) is 1. The molecule has 2 rings (SSSR count). The fraction of sp³-hybridized carbons (Fsp3) is 0.357. The number of carbonyl (C=O) groups excluding carboxylic acids is 1. The first kappa shape index (κ1) is 11.4. The smallest absolute Gasteiger partial charge is 0.176 e. The highest BCUT2D eigenvalue weighted by Gasteiger charge is 2.24. The van der Waals surface area contributed by atoms with Crippen LogP contribution in [0.4, 0.5) is 0 Å². The molecular weight excluding hydrogens is 220 g/mol. The maximum atomic E-state index is 11.8. The number of halogens is 1. The molecule has 1 saturated carbocycles. The number of ketones is 1. The number of aryl methyl sites for hydroxylation is 1. The first-order chi connectivity index (χ1) is 7.68. The number of carbonyl (C=O) groups is 1. The van der Waals surface area contributed by atoms with Gasteiger partial charge in [0.2, 0.25) is 0 Å². The first-order valence-corrected chi connectivity index (χ1v) is 6.06. The third-order valence-electron chi connectivity index (χ3n) is 3.02. The number of alkyl halides is 1. The molecule has 0 bridgehead atoms. The van der Waals surface area contributed by atoms with E-state index in [9.17, 15) is 4.79 Å². The molecule has 16 heavy (non-hydrogen) atoms. The summed E-state index contributed by atoms with van der Waals surface area (Å²) in [6, 6.07) is 8.08. The molecule has 84 valence electrons. The van der Waals surface area contributed by atoms with Gasteiger partial charge in [0.1, 0.15) is 0 Å². The summed E-state index contributed by atoms with van der Waals surface area (Å²) in [5, 5.41) is -0.316. The zero-order chi connectivity index (χ0) is 11.5. The minimum atomic E-state index is -0.316. The molecule has 1 fully saturated rings. The molecule has 1 aromatic carbocycles. The van der Waals surface area contributed by atoms with Crippen LogP contribution in [0.3, 0.4) is 0 Å². The van der Waals surface area contributed by atoms with Gasteiger partial charge in [-0.15, -0.1) is 11.6 Å². The van der Waals surface area contributed by atoms with Crippen LogP contribution in [0.15, 0.2) is 29.8 Å². The maximum absolute atomic E-state index is 11.8. The van der Waals surface area contributed by atoms with E-state index in [2.05, 4.69) is 13.0 Å². The van der Waals surface area contributed by atoms with Crippen molar-refractivity contribution in [2.75, 3.05) is 0 Å². The van der Waals surface area contributed by atoms with Gasteiger partial charge in [-0.05, 0) is 49.0 Å². The molecule has 1 nitrogen and oxygen atoms in total. The van der Waals surface area contributed by atoms with Gasteiger partial charge in [0.15, 0.2) is 5.78 Å². The highest BCUT2D eigenvalue weighted by Crippen LogP contribution is 2.26. The molecule has 0 spiro atoms. The molecule has 0 amide bonds. The summed E-state index contributed by atoms with van der Waals surface area (Å²) in [5.74, 6) is 0.108. The van der Waals surface area contributed by atoms with Crippen molar-refractivity contribution >= 4 is 23.5 Å². The van der Waals surface area contributed by atoms with Crippen molar-refractivity contribution in [3.63, 3.8) is 0 Å². The van der Waals surface area contributed by atoms with E-state index in [0.29, 0.717) is 0 Å². The molecule has 1 aromatic rings. The third-order valence-corrected chi connectivity index (χ3v) is 3.44. The van der Waals surface area contributed by atoms with Crippen LogP contribution in [0, 0.1) is 6.92 Å². The molecule has 1 atom stereocenters. The number of hydrogen-bond acceptors (Lipinski definition) is 1.